The van der Waals surface area contributed by atoms with Gasteiger partial charge in [0, 0.05) is 0 Å². The molecule has 160 valence electrons. The van der Waals surface area contributed by atoms with Gasteiger partial charge >= 0.3 is 41.9 Å². The predicted molar refractivity (Wildman–Crippen MR) is 131 cm³/mol. The van der Waals surface area contributed by atoms with Gasteiger partial charge in [-0.3, -0.25) is 6.08 Å². The Morgan fingerprint density at radius 3 is 1.78 bits per heavy atom. The number of hydrogen-bond acceptors (Lipinski definition) is 0. The zero-order valence-electron chi connectivity index (χ0n) is 18.2. The summed E-state index contributed by atoms with van der Waals surface area (Å²) < 4.78 is 0. The Labute approximate surface area is 218 Å². The van der Waals surface area contributed by atoms with E-state index in [1.165, 1.54) is 43.1 Å². The van der Waals surface area contributed by atoms with Crippen molar-refractivity contribution in [3.63, 3.8) is 0 Å². The molecule has 0 amide bonds. The van der Waals surface area contributed by atoms with Crippen molar-refractivity contribution in [1.29, 1.82) is 0 Å². The number of hydrogen-bond donors (Lipinski definition) is 0. The van der Waals surface area contributed by atoms with Crippen LogP contribution in [0.25, 0.3) is 43.1 Å². The Balaban J connectivity index is 0.000000282. The minimum Gasteiger partial charge on any atom is -1.00 e. The molecule has 0 saturated carbocycles. The molecule has 0 aromatic heterocycles. The van der Waals surface area contributed by atoms with E-state index in [4.69, 9.17) is 0 Å². The first-order chi connectivity index (χ1) is 14.7. The van der Waals surface area contributed by atoms with Gasteiger partial charge in [0.25, 0.3) is 0 Å². The van der Waals surface area contributed by atoms with Crippen LogP contribution in [0.2, 0.25) is 13.1 Å². The van der Waals surface area contributed by atoms with Crippen LogP contribution in [0.3, 0.4) is 0 Å². The van der Waals surface area contributed by atoms with Gasteiger partial charge in [-0.1, -0.05) is 77.5 Å². The second kappa shape index (κ2) is 12.6. The van der Waals surface area contributed by atoms with Gasteiger partial charge in [-0.05, 0) is 10.8 Å². The van der Waals surface area contributed by atoms with Crippen LogP contribution < -0.4 is 24.8 Å². The van der Waals surface area contributed by atoms with E-state index in [9.17, 15) is 0 Å². The van der Waals surface area contributed by atoms with Crippen LogP contribution in [0, 0.1) is 6.08 Å². The molecular formula is C28H24Cl2SiZr-2. The molecule has 0 aliphatic heterocycles. The molecule has 4 heteroatoms. The van der Waals surface area contributed by atoms with Crippen LogP contribution in [0.1, 0.15) is 6.42 Å². The number of allylic oxidation sites excluding steroid dienone is 4. The molecule has 1 aliphatic carbocycles. The fourth-order valence-electron chi connectivity index (χ4n) is 3.95. The van der Waals surface area contributed by atoms with E-state index in [1.54, 1.807) is 23.3 Å². The zero-order chi connectivity index (χ0) is 20.9. The van der Waals surface area contributed by atoms with E-state index in [2.05, 4.69) is 104 Å². The van der Waals surface area contributed by atoms with E-state index in [-0.39, 0.29) is 30.2 Å². The Hall–Kier alpha value is -1.57. The van der Waals surface area contributed by atoms with E-state index in [0.717, 1.165) is 6.42 Å². The summed E-state index contributed by atoms with van der Waals surface area (Å²) in [4.78, 5) is 0. The minimum absolute atomic E-state index is 0. The maximum absolute atomic E-state index is 2.99. The standard InChI is InChI=1S/C21H13.C5H5.C2H6Si.2ClH.Zr/c1-2-8-15-14(7-1)13-20-18-11-4-3-9-16(18)17-10-5-6-12-19(17)21(15)20;1-2-4-5-3-1;1-3-2;;;/h1-13H;1-3H,4H2;1-2H3;2*1H;/q2*-1;;;;+2/p-2. The molecule has 1 aliphatic rings. The minimum atomic E-state index is 0. The van der Waals surface area contributed by atoms with Crippen LogP contribution in [0.5, 0.6) is 0 Å². The van der Waals surface area contributed by atoms with Crippen LogP contribution in [-0.4, -0.2) is 5.43 Å². The third kappa shape index (κ3) is 5.86. The largest absolute Gasteiger partial charge is 1.00 e. The molecule has 0 radical (unpaired) electrons. The van der Waals surface area contributed by atoms with Crippen molar-refractivity contribution in [2.24, 2.45) is 0 Å². The first-order valence-electron chi connectivity index (χ1n) is 10.3. The fraction of sp³-hybridized carbons (Fsp3) is 0.107. The van der Waals surface area contributed by atoms with Gasteiger partial charge in [0.2, 0.25) is 0 Å². The maximum atomic E-state index is 2.99. The number of halogens is 2. The van der Waals surface area contributed by atoms with E-state index in [1.807, 2.05) is 12.2 Å². The predicted octanol–water partition coefficient (Wildman–Crippen LogP) is 2.12. The summed E-state index contributed by atoms with van der Waals surface area (Å²) >= 11 is 1.74. The molecule has 0 fully saturated rings. The van der Waals surface area contributed by atoms with Crippen molar-refractivity contribution in [1.82, 2.24) is 0 Å². The van der Waals surface area contributed by atoms with Crippen LogP contribution in [0.4, 0.5) is 0 Å². The topological polar surface area (TPSA) is 0 Å². The second-order valence-corrected chi connectivity index (χ2v) is 17.0. The molecule has 0 N–H and O–H groups in total. The molecular weight excluding hydrogens is 527 g/mol. The fourth-order valence-corrected chi connectivity index (χ4v) is 3.95. The quantitative estimate of drug-likeness (QED) is 0.158. The van der Waals surface area contributed by atoms with Crippen LogP contribution in [-0.2, 0) is 23.3 Å². The van der Waals surface area contributed by atoms with E-state index < -0.39 is 0 Å². The first-order valence-corrected chi connectivity index (χ1v) is 16.5. The van der Waals surface area contributed by atoms with Crippen molar-refractivity contribution in [3.05, 3.63) is 103 Å². The molecule has 5 aromatic carbocycles. The zero-order valence-corrected chi connectivity index (χ0v) is 23.2. The SMILES string of the molecule is C[Si](C)=[Zr+2].[C-]1=CC=CC1.[Cl-].[Cl-].c1ccc2c(c1)[cH-]c1c3ccccc3c3ccccc3c21. The third-order valence-electron chi connectivity index (χ3n) is 5.09. The molecule has 0 bridgehead atoms. The smallest absolute Gasteiger partial charge is 0.0255 e. The van der Waals surface area contributed by atoms with E-state index in [0.29, 0.717) is 0 Å². The Kier molecular flexibility index (Phi) is 10.5. The molecule has 0 nitrogen and oxygen atoms in total. The number of fused-ring (bicyclic) bond motifs is 8. The summed E-state index contributed by atoms with van der Waals surface area (Å²) in [7, 11) is 0. The summed E-state index contributed by atoms with van der Waals surface area (Å²) in [5.74, 6) is 0. The number of rotatable bonds is 0. The van der Waals surface area contributed by atoms with Gasteiger partial charge < -0.3 is 24.8 Å². The molecule has 0 saturated heterocycles. The number of benzene rings is 4. The molecule has 0 spiro atoms. The van der Waals surface area contributed by atoms with Crippen molar-refractivity contribution in [2.75, 3.05) is 0 Å². The second-order valence-electron chi connectivity index (χ2n) is 7.61. The van der Waals surface area contributed by atoms with Gasteiger partial charge in [0.05, 0.1) is 0 Å². The molecule has 5 aromatic rings. The first kappa shape index (κ1) is 26.7. The van der Waals surface area contributed by atoms with Crippen molar-refractivity contribution >= 4 is 48.5 Å². The van der Waals surface area contributed by atoms with Crippen LogP contribution >= 0.6 is 0 Å². The van der Waals surface area contributed by atoms with E-state index >= 15 is 0 Å². The molecule has 6 rings (SSSR count). The average molecular weight is 551 g/mol. The van der Waals surface area contributed by atoms with Gasteiger partial charge in [0.1, 0.15) is 0 Å². The molecule has 0 unspecified atom stereocenters. The Bertz CT molecular complexity index is 1400. The third-order valence-corrected chi connectivity index (χ3v) is 5.09. The Morgan fingerprint density at radius 2 is 1.25 bits per heavy atom. The van der Waals surface area contributed by atoms with Gasteiger partial charge in [0.15, 0.2) is 0 Å². The molecule has 0 atom stereocenters. The molecule has 32 heavy (non-hydrogen) atoms. The van der Waals surface area contributed by atoms with Crippen molar-refractivity contribution in [2.45, 2.75) is 19.5 Å². The van der Waals surface area contributed by atoms with Gasteiger partial charge in [-0.15, -0.1) is 40.1 Å². The summed E-state index contributed by atoms with van der Waals surface area (Å²) in [5, 5.41) is 10.8. The Morgan fingerprint density at radius 1 is 0.750 bits per heavy atom. The summed E-state index contributed by atoms with van der Waals surface area (Å²) in [6.07, 6.45) is 10.0. The van der Waals surface area contributed by atoms with Gasteiger partial charge in [-0.2, -0.15) is 6.08 Å². The van der Waals surface area contributed by atoms with Gasteiger partial charge in [-0.25, -0.2) is 12.2 Å². The van der Waals surface area contributed by atoms with Crippen molar-refractivity contribution < 1.29 is 48.1 Å². The van der Waals surface area contributed by atoms with Crippen LogP contribution in [0.15, 0.2) is 97.1 Å². The summed E-state index contributed by atoms with van der Waals surface area (Å²) in [6, 6.07) is 28.5. The summed E-state index contributed by atoms with van der Waals surface area (Å²) in [5.41, 5.74) is 0.210. The molecule has 0 heterocycles. The van der Waals surface area contributed by atoms with Crippen molar-refractivity contribution in [3.8, 4) is 0 Å². The monoisotopic (exact) mass is 548 g/mol. The summed E-state index contributed by atoms with van der Waals surface area (Å²) in [6.45, 7) is 4.62. The average Bonchev–Trinajstić information content (AvgIpc) is 3.45. The maximum Gasteiger partial charge on any atom is -0.0255 e. The normalized spacial score (nSPS) is 11.4.